The quantitative estimate of drug-likeness (QED) is 0.374. The van der Waals surface area contributed by atoms with E-state index in [-0.39, 0.29) is 12.6 Å². The van der Waals surface area contributed by atoms with E-state index in [9.17, 15) is 9.59 Å². The lowest BCUT2D eigenvalue weighted by molar-refractivity contribution is -0.129. The second kappa shape index (κ2) is 8.39. The van der Waals surface area contributed by atoms with E-state index in [0.717, 1.165) is 5.56 Å². The number of carbonyl (C=O) groups excluding carboxylic acids is 2. The van der Waals surface area contributed by atoms with Crippen LogP contribution in [-0.4, -0.2) is 23.7 Å². The average Bonchev–Trinajstić information content (AvgIpc) is 3.15. The highest BCUT2D eigenvalue weighted by atomic mass is 16.6. The van der Waals surface area contributed by atoms with Crippen molar-refractivity contribution in [2.24, 2.45) is 0 Å². The third kappa shape index (κ3) is 4.16. The van der Waals surface area contributed by atoms with Crippen LogP contribution in [0.1, 0.15) is 17.2 Å². The zero-order valence-corrected chi connectivity index (χ0v) is 15.4. The van der Waals surface area contributed by atoms with Gasteiger partial charge in [-0.3, -0.25) is 9.88 Å². The smallest absolute Gasteiger partial charge is 0.415 e. The van der Waals surface area contributed by atoms with E-state index in [2.05, 4.69) is 11.1 Å². The minimum absolute atomic E-state index is 0.244. The summed E-state index contributed by atoms with van der Waals surface area (Å²) in [5.41, 5.74) is 2.09. The summed E-state index contributed by atoms with van der Waals surface area (Å²) in [7, 11) is 0. The Balaban J connectivity index is 1.59. The van der Waals surface area contributed by atoms with Gasteiger partial charge in [-0.15, -0.1) is 0 Å². The second-order valence-corrected chi connectivity index (χ2v) is 6.30. The Morgan fingerprint density at radius 2 is 1.83 bits per heavy atom. The van der Waals surface area contributed by atoms with Gasteiger partial charge in [0.05, 0.1) is 17.8 Å². The van der Waals surface area contributed by atoms with Crippen molar-refractivity contribution < 1.29 is 19.1 Å². The van der Waals surface area contributed by atoms with Gasteiger partial charge in [0.25, 0.3) is 0 Å². The zero-order valence-electron chi connectivity index (χ0n) is 15.4. The van der Waals surface area contributed by atoms with E-state index in [1.165, 1.54) is 6.08 Å². The SMILES string of the molecule is O=C(/[C]=C/c1cnccc1N1C(=O)OC[C@H]1c1ccccc1)Oc1ccccc1. The van der Waals surface area contributed by atoms with Crippen LogP contribution < -0.4 is 9.64 Å². The number of esters is 1. The van der Waals surface area contributed by atoms with Gasteiger partial charge in [-0.05, 0) is 29.8 Å². The molecule has 1 aliphatic heterocycles. The number of pyridine rings is 1. The van der Waals surface area contributed by atoms with Crippen molar-refractivity contribution in [2.45, 2.75) is 6.04 Å². The lowest BCUT2D eigenvalue weighted by atomic mass is 10.1. The number of cyclic esters (lactones) is 1. The van der Waals surface area contributed by atoms with E-state index < -0.39 is 12.1 Å². The molecule has 2 aromatic carbocycles. The van der Waals surface area contributed by atoms with Gasteiger partial charge in [0, 0.05) is 18.0 Å². The minimum atomic E-state index is -0.644. The van der Waals surface area contributed by atoms with Crippen LogP contribution in [0.2, 0.25) is 0 Å². The van der Waals surface area contributed by atoms with Gasteiger partial charge in [0.15, 0.2) is 0 Å². The van der Waals surface area contributed by atoms with Crippen molar-refractivity contribution in [3.8, 4) is 5.75 Å². The third-order valence-electron chi connectivity index (χ3n) is 4.44. The number of hydrogen-bond acceptors (Lipinski definition) is 5. The molecule has 2 heterocycles. The summed E-state index contributed by atoms with van der Waals surface area (Å²) in [6.07, 6.45) is 6.73. The van der Waals surface area contributed by atoms with Crippen LogP contribution in [0.5, 0.6) is 5.75 Å². The number of hydrogen-bond donors (Lipinski definition) is 0. The minimum Gasteiger partial charge on any atom is -0.447 e. The molecule has 0 saturated carbocycles. The zero-order chi connectivity index (χ0) is 20.1. The summed E-state index contributed by atoms with van der Waals surface area (Å²) < 4.78 is 10.5. The van der Waals surface area contributed by atoms with Crippen LogP contribution in [0.25, 0.3) is 6.08 Å². The molecule has 6 heteroatoms. The third-order valence-corrected chi connectivity index (χ3v) is 4.44. The number of carbonyl (C=O) groups is 2. The molecule has 1 atom stereocenters. The first kappa shape index (κ1) is 18.4. The fraction of sp³-hybridized carbons (Fsp3) is 0.0870. The Kier molecular flexibility index (Phi) is 5.33. The van der Waals surface area contributed by atoms with Gasteiger partial charge in [-0.25, -0.2) is 9.59 Å². The number of nitrogens with zero attached hydrogens (tertiary/aromatic N) is 2. The van der Waals surface area contributed by atoms with E-state index in [1.807, 2.05) is 36.4 Å². The normalized spacial score (nSPS) is 16.1. The summed E-state index contributed by atoms with van der Waals surface area (Å²) in [5.74, 6) is -0.216. The number of ether oxygens (including phenoxy) is 2. The molecule has 6 nitrogen and oxygen atoms in total. The Hall–Kier alpha value is -3.93. The fourth-order valence-electron chi connectivity index (χ4n) is 3.10. The number of rotatable bonds is 5. The molecule has 0 bridgehead atoms. The Morgan fingerprint density at radius 3 is 2.59 bits per heavy atom. The van der Waals surface area contributed by atoms with Crippen LogP contribution in [0.3, 0.4) is 0 Å². The predicted octanol–water partition coefficient (Wildman–Crippen LogP) is 4.20. The Morgan fingerprint density at radius 1 is 1.10 bits per heavy atom. The predicted molar refractivity (Wildman–Crippen MR) is 107 cm³/mol. The molecule has 0 unspecified atom stereocenters. The van der Waals surface area contributed by atoms with Crippen molar-refractivity contribution in [1.29, 1.82) is 0 Å². The number of anilines is 1. The molecule has 29 heavy (non-hydrogen) atoms. The lowest BCUT2D eigenvalue weighted by Crippen LogP contribution is -2.28. The molecule has 1 fully saturated rings. The molecule has 3 aromatic rings. The number of amides is 1. The van der Waals surface area contributed by atoms with Gasteiger partial charge < -0.3 is 9.47 Å². The highest BCUT2D eigenvalue weighted by Gasteiger charge is 2.36. The molecular formula is C23H17N2O4. The maximum absolute atomic E-state index is 12.4. The first-order chi connectivity index (χ1) is 14.2. The molecule has 1 amide bonds. The van der Waals surface area contributed by atoms with Gasteiger partial charge in [0.2, 0.25) is 0 Å². The highest BCUT2D eigenvalue weighted by molar-refractivity contribution is 5.94. The average molecular weight is 385 g/mol. The van der Waals surface area contributed by atoms with E-state index in [0.29, 0.717) is 17.0 Å². The summed E-state index contributed by atoms with van der Waals surface area (Å²) in [5, 5.41) is 0. The number of benzene rings is 2. The summed E-state index contributed by atoms with van der Waals surface area (Å²) >= 11 is 0. The molecule has 143 valence electrons. The standard InChI is InChI=1S/C23H17N2O4/c26-22(29-19-9-5-2-6-10-19)12-11-18-15-24-14-13-20(18)25-21(16-28-23(25)27)17-7-3-1-4-8-17/h1-11,13-15,21H,16H2/t21-/m0/s1. The Labute approximate surface area is 168 Å². The second-order valence-electron chi connectivity index (χ2n) is 6.30. The van der Waals surface area contributed by atoms with Gasteiger partial charge in [-0.2, -0.15) is 0 Å². The van der Waals surface area contributed by atoms with Crippen LogP contribution in [0.15, 0.2) is 79.1 Å². The first-order valence-corrected chi connectivity index (χ1v) is 9.04. The molecule has 0 N–H and O–H groups in total. The number of aromatic nitrogens is 1. The van der Waals surface area contributed by atoms with Crippen LogP contribution >= 0.6 is 0 Å². The van der Waals surface area contributed by atoms with Gasteiger partial charge in [0.1, 0.15) is 12.4 Å². The van der Waals surface area contributed by atoms with Crippen LogP contribution in [-0.2, 0) is 9.53 Å². The van der Waals surface area contributed by atoms with Crippen molar-refractivity contribution in [3.63, 3.8) is 0 Å². The van der Waals surface area contributed by atoms with Crippen molar-refractivity contribution in [3.05, 3.63) is 96.3 Å². The van der Waals surface area contributed by atoms with Crippen molar-refractivity contribution >= 4 is 23.8 Å². The van der Waals surface area contributed by atoms with Crippen molar-refractivity contribution in [2.75, 3.05) is 11.5 Å². The molecule has 0 spiro atoms. The highest BCUT2D eigenvalue weighted by Crippen LogP contribution is 2.35. The summed E-state index contributed by atoms with van der Waals surface area (Å²) in [4.78, 5) is 30.2. The molecule has 1 aliphatic rings. The largest absolute Gasteiger partial charge is 0.447 e. The fourth-order valence-corrected chi connectivity index (χ4v) is 3.10. The molecule has 0 aliphatic carbocycles. The number of para-hydroxylation sites is 1. The van der Waals surface area contributed by atoms with Gasteiger partial charge in [-0.1, -0.05) is 48.5 Å². The van der Waals surface area contributed by atoms with E-state index in [1.54, 1.807) is 47.6 Å². The molecule has 1 saturated heterocycles. The first-order valence-electron chi connectivity index (χ1n) is 9.04. The van der Waals surface area contributed by atoms with Crippen LogP contribution in [0.4, 0.5) is 10.5 Å². The Bertz CT molecular complexity index is 1040. The lowest BCUT2D eigenvalue weighted by Gasteiger charge is -2.23. The van der Waals surface area contributed by atoms with Crippen LogP contribution in [0, 0.1) is 6.08 Å². The van der Waals surface area contributed by atoms with Gasteiger partial charge >= 0.3 is 12.1 Å². The topological polar surface area (TPSA) is 68.7 Å². The van der Waals surface area contributed by atoms with E-state index in [4.69, 9.17) is 9.47 Å². The summed E-state index contributed by atoms with van der Waals surface area (Å²) in [6.45, 7) is 0.244. The van der Waals surface area contributed by atoms with E-state index >= 15 is 0 Å². The molecular weight excluding hydrogens is 368 g/mol. The molecule has 1 radical (unpaired) electrons. The van der Waals surface area contributed by atoms with Crippen molar-refractivity contribution in [1.82, 2.24) is 4.98 Å². The molecule has 1 aromatic heterocycles. The monoisotopic (exact) mass is 385 g/mol. The molecule has 4 rings (SSSR count). The summed E-state index contributed by atoms with van der Waals surface area (Å²) in [6, 6.07) is 19.8. The maximum atomic E-state index is 12.4. The maximum Gasteiger partial charge on any atom is 0.415 e.